The van der Waals surface area contributed by atoms with E-state index in [1.807, 2.05) is 6.07 Å². The Morgan fingerprint density at radius 2 is 2.42 bits per heavy atom. The average Bonchev–Trinajstić information content (AvgIpc) is 2.33. The van der Waals surface area contributed by atoms with Gasteiger partial charge in [-0.1, -0.05) is 24.9 Å². The van der Waals surface area contributed by atoms with Crippen LogP contribution in [0.4, 0.5) is 0 Å². The molecule has 0 fully saturated rings. The maximum atomic E-state index is 5.92. The van der Waals surface area contributed by atoms with Crippen LogP contribution in [0.25, 0.3) is 0 Å². The molecule has 1 aromatic heterocycles. The summed E-state index contributed by atoms with van der Waals surface area (Å²) < 4.78 is 0.978. The highest BCUT2D eigenvalue weighted by Gasteiger charge is 2.10. The minimum absolute atomic E-state index is 0.142. The van der Waals surface area contributed by atoms with E-state index < -0.39 is 0 Å². The Bertz CT molecular complexity index is 242. The third-order valence-corrected chi connectivity index (χ3v) is 4.24. The first kappa shape index (κ1) is 10.5. The molecule has 0 aliphatic rings. The van der Waals surface area contributed by atoms with Crippen LogP contribution in [0, 0.1) is 0 Å². The zero-order valence-corrected chi connectivity index (χ0v) is 9.97. The zero-order chi connectivity index (χ0) is 9.14. The van der Waals surface area contributed by atoms with Gasteiger partial charge in [0.05, 0.1) is 8.81 Å². The highest BCUT2D eigenvalue weighted by molar-refractivity contribution is 9.11. The summed E-state index contributed by atoms with van der Waals surface area (Å²) in [5.74, 6) is 0. The monoisotopic (exact) mass is 267 g/mol. The third-order valence-electron chi connectivity index (χ3n) is 1.63. The molecule has 0 amide bonds. The maximum Gasteiger partial charge on any atom is 0.0887 e. The van der Waals surface area contributed by atoms with E-state index in [1.54, 1.807) is 11.3 Å². The lowest BCUT2D eigenvalue weighted by molar-refractivity contribution is 0.648. The summed E-state index contributed by atoms with van der Waals surface area (Å²) in [5, 5.41) is 0.765. The predicted octanol–water partition coefficient (Wildman–Crippen LogP) is 3.96. The first-order valence-corrected chi connectivity index (χ1v) is 5.84. The van der Waals surface area contributed by atoms with E-state index in [0.717, 1.165) is 26.5 Å². The molecule has 0 saturated heterocycles. The van der Waals surface area contributed by atoms with E-state index in [9.17, 15) is 0 Å². The molecule has 0 aliphatic carbocycles. The predicted molar refractivity (Wildman–Crippen MR) is 58.9 cm³/mol. The van der Waals surface area contributed by atoms with Gasteiger partial charge in [-0.25, -0.2) is 0 Å². The van der Waals surface area contributed by atoms with Gasteiger partial charge in [0.1, 0.15) is 0 Å². The van der Waals surface area contributed by atoms with Gasteiger partial charge >= 0.3 is 0 Å². The Morgan fingerprint density at radius 1 is 1.75 bits per heavy atom. The molecular formula is C8H11BrClNS. The minimum atomic E-state index is 0.142. The standard InChI is InChI=1S/C8H11BrClNS/c1-2-3-6(11)7-4-5(10)8(9)12-7/h4,6H,2-3,11H2,1H3. The van der Waals surface area contributed by atoms with Crippen molar-refractivity contribution in [3.63, 3.8) is 0 Å². The van der Waals surface area contributed by atoms with Gasteiger partial charge in [0.15, 0.2) is 0 Å². The molecule has 2 N–H and O–H groups in total. The van der Waals surface area contributed by atoms with Gasteiger partial charge in [0, 0.05) is 10.9 Å². The van der Waals surface area contributed by atoms with Crippen LogP contribution < -0.4 is 5.73 Å². The second-order valence-electron chi connectivity index (χ2n) is 2.67. The van der Waals surface area contributed by atoms with E-state index in [0.29, 0.717) is 0 Å². The molecule has 12 heavy (non-hydrogen) atoms. The van der Waals surface area contributed by atoms with E-state index in [-0.39, 0.29) is 6.04 Å². The zero-order valence-electron chi connectivity index (χ0n) is 6.81. The van der Waals surface area contributed by atoms with Crippen LogP contribution in [0.1, 0.15) is 30.7 Å². The number of nitrogens with two attached hydrogens (primary N) is 1. The third kappa shape index (κ3) is 2.46. The van der Waals surface area contributed by atoms with Crippen molar-refractivity contribution in [3.8, 4) is 0 Å². The quantitative estimate of drug-likeness (QED) is 0.882. The summed E-state index contributed by atoms with van der Waals surface area (Å²) in [5.41, 5.74) is 5.92. The van der Waals surface area contributed by atoms with Gasteiger partial charge in [-0.2, -0.15) is 0 Å². The lowest BCUT2D eigenvalue weighted by atomic mass is 10.1. The van der Waals surface area contributed by atoms with Crippen LogP contribution in [0.5, 0.6) is 0 Å². The molecule has 0 spiro atoms. The summed E-state index contributed by atoms with van der Waals surface area (Å²) in [6.07, 6.45) is 2.12. The van der Waals surface area contributed by atoms with Crippen LogP contribution in [0.3, 0.4) is 0 Å². The Labute approximate surface area is 90.0 Å². The lowest BCUT2D eigenvalue weighted by Gasteiger charge is -2.05. The molecule has 4 heteroatoms. The molecule has 1 nitrogen and oxygen atoms in total. The van der Waals surface area contributed by atoms with Gasteiger partial charge in [0.25, 0.3) is 0 Å². The lowest BCUT2D eigenvalue weighted by Crippen LogP contribution is -2.07. The second kappa shape index (κ2) is 4.61. The van der Waals surface area contributed by atoms with Gasteiger partial charge in [-0.3, -0.25) is 0 Å². The maximum absolute atomic E-state index is 5.92. The highest BCUT2D eigenvalue weighted by Crippen LogP contribution is 2.35. The fourth-order valence-corrected chi connectivity index (χ4v) is 2.78. The molecule has 0 aliphatic heterocycles. The molecule has 1 unspecified atom stereocenters. The van der Waals surface area contributed by atoms with E-state index in [1.165, 1.54) is 0 Å². The molecule has 0 radical (unpaired) electrons. The number of hydrogen-bond donors (Lipinski definition) is 1. The number of rotatable bonds is 3. The SMILES string of the molecule is CCCC(N)c1cc(Cl)c(Br)s1. The normalized spacial score (nSPS) is 13.3. The summed E-state index contributed by atoms with van der Waals surface area (Å²) >= 11 is 10.9. The molecule has 0 aromatic carbocycles. The number of halogens is 2. The Balaban J connectivity index is 2.74. The van der Waals surface area contributed by atoms with E-state index in [4.69, 9.17) is 17.3 Å². The van der Waals surface area contributed by atoms with Crippen LogP contribution in [0.2, 0.25) is 5.02 Å². The Kier molecular flexibility index (Phi) is 4.03. The number of thiophene rings is 1. The van der Waals surface area contributed by atoms with Crippen LogP contribution in [-0.2, 0) is 0 Å². The topological polar surface area (TPSA) is 26.0 Å². The van der Waals surface area contributed by atoms with Crippen molar-refractivity contribution in [3.05, 3.63) is 19.8 Å². The summed E-state index contributed by atoms with van der Waals surface area (Å²) in [7, 11) is 0. The Morgan fingerprint density at radius 3 is 2.83 bits per heavy atom. The van der Waals surface area contributed by atoms with Gasteiger partial charge in [-0.05, 0) is 28.4 Å². The van der Waals surface area contributed by atoms with E-state index in [2.05, 4.69) is 22.9 Å². The van der Waals surface area contributed by atoms with Crippen LogP contribution in [-0.4, -0.2) is 0 Å². The van der Waals surface area contributed by atoms with Gasteiger partial charge < -0.3 is 5.73 Å². The van der Waals surface area contributed by atoms with Crippen molar-refractivity contribution in [1.29, 1.82) is 0 Å². The average molecular weight is 269 g/mol. The molecule has 1 heterocycles. The smallest absolute Gasteiger partial charge is 0.0887 e. The fourth-order valence-electron chi connectivity index (χ4n) is 0.999. The largest absolute Gasteiger partial charge is 0.323 e. The van der Waals surface area contributed by atoms with Crippen molar-refractivity contribution >= 4 is 38.9 Å². The van der Waals surface area contributed by atoms with Crippen LogP contribution in [0.15, 0.2) is 9.85 Å². The first-order chi connectivity index (χ1) is 5.65. The second-order valence-corrected chi connectivity index (χ2v) is 5.47. The summed E-state index contributed by atoms with van der Waals surface area (Å²) in [6.45, 7) is 2.13. The molecule has 1 aromatic rings. The van der Waals surface area contributed by atoms with Crippen molar-refractivity contribution in [1.82, 2.24) is 0 Å². The summed E-state index contributed by atoms with van der Waals surface area (Å²) in [6, 6.07) is 2.08. The number of hydrogen-bond acceptors (Lipinski definition) is 2. The Hall–Kier alpha value is 0.430. The molecule has 1 atom stereocenters. The first-order valence-electron chi connectivity index (χ1n) is 3.85. The van der Waals surface area contributed by atoms with E-state index >= 15 is 0 Å². The fraction of sp³-hybridized carbons (Fsp3) is 0.500. The highest BCUT2D eigenvalue weighted by atomic mass is 79.9. The molecular weight excluding hydrogens is 258 g/mol. The summed E-state index contributed by atoms with van der Waals surface area (Å²) in [4.78, 5) is 1.16. The minimum Gasteiger partial charge on any atom is -0.323 e. The van der Waals surface area contributed by atoms with Crippen molar-refractivity contribution < 1.29 is 0 Å². The molecule has 68 valence electrons. The molecule has 1 rings (SSSR count). The van der Waals surface area contributed by atoms with Gasteiger partial charge in [0.2, 0.25) is 0 Å². The molecule has 0 bridgehead atoms. The molecule has 0 saturated carbocycles. The van der Waals surface area contributed by atoms with Crippen molar-refractivity contribution in [2.75, 3.05) is 0 Å². The van der Waals surface area contributed by atoms with Crippen LogP contribution >= 0.6 is 38.9 Å². The van der Waals surface area contributed by atoms with Crippen molar-refractivity contribution in [2.24, 2.45) is 5.73 Å². The van der Waals surface area contributed by atoms with Gasteiger partial charge in [-0.15, -0.1) is 11.3 Å². The van der Waals surface area contributed by atoms with Crippen molar-refractivity contribution in [2.45, 2.75) is 25.8 Å².